The van der Waals surface area contributed by atoms with Gasteiger partial charge in [0, 0.05) is 23.3 Å². The number of nitrogens with zero attached hydrogens (tertiary/aromatic N) is 1. The maximum absolute atomic E-state index is 12.3. The minimum absolute atomic E-state index is 0.0466. The summed E-state index contributed by atoms with van der Waals surface area (Å²) >= 11 is 1.63. The normalized spacial score (nSPS) is 22.6. The molecule has 1 aromatic heterocycles. The fourth-order valence-corrected chi connectivity index (χ4v) is 3.21. The molecule has 20 heavy (non-hydrogen) atoms. The highest BCUT2D eigenvalue weighted by Crippen LogP contribution is 2.20. The van der Waals surface area contributed by atoms with Crippen LogP contribution in [0.2, 0.25) is 0 Å². The molecule has 6 heteroatoms. The van der Waals surface area contributed by atoms with Gasteiger partial charge >= 0.3 is 0 Å². The van der Waals surface area contributed by atoms with E-state index in [1.54, 1.807) is 30.2 Å². The number of morpholine rings is 1. The van der Waals surface area contributed by atoms with E-state index in [0.29, 0.717) is 26.1 Å². The number of rotatable bonds is 3. The van der Waals surface area contributed by atoms with Crippen LogP contribution in [0.25, 0.3) is 0 Å². The Hall–Kier alpha value is -1.40. The van der Waals surface area contributed by atoms with Crippen LogP contribution in [0.4, 0.5) is 0 Å². The van der Waals surface area contributed by atoms with Crippen molar-refractivity contribution in [1.82, 2.24) is 10.2 Å². The van der Waals surface area contributed by atoms with Gasteiger partial charge in [0.15, 0.2) is 5.60 Å². The van der Waals surface area contributed by atoms with E-state index >= 15 is 0 Å². The number of carbonyl (C=O) groups excluding carboxylic acids is 2. The standard InChI is InChI=1S/C14H20N2O3S/c1-10-4-5-11(20-10)8-12(17)16-6-7-19-14(2,9-16)13(18)15-3/h4-5H,6-9H2,1-3H3,(H,15,18). The van der Waals surface area contributed by atoms with Gasteiger partial charge in [-0.25, -0.2) is 0 Å². The summed E-state index contributed by atoms with van der Waals surface area (Å²) in [7, 11) is 1.58. The molecular formula is C14H20N2O3S. The molecule has 1 atom stereocenters. The number of hydrogen-bond acceptors (Lipinski definition) is 4. The van der Waals surface area contributed by atoms with Crippen molar-refractivity contribution in [1.29, 1.82) is 0 Å². The van der Waals surface area contributed by atoms with Crippen LogP contribution in [0.5, 0.6) is 0 Å². The van der Waals surface area contributed by atoms with E-state index in [2.05, 4.69) is 5.32 Å². The Morgan fingerprint density at radius 3 is 2.85 bits per heavy atom. The lowest BCUT2D eigenvalue weighted by atomic mass is 10.0. The van der Waals surface area contributed by atoms with E-state index in [9.17, 15) is 9.59 Å². The third-order valence-electron chi connectivity index (χ3n) is 3.46. The minimum Gasteiger partial charge on any atom is -0.362 e. The molecule has 0 saturated carbocycles. The molecule has 0 aromatic carbocycles. The summed E-state index contributed by atoms with van der Waals surface area (Å²) in [5, 5.41) is 2.59. The van der Waals surface area contributed by atoms with Gasteiger partial charge in [0.2, 0.25) is 5.91 Å². The van der Waals surface area contributed by atoms with Gasteiger partial charge in [0.1, 0.15) is 0 Å². The van der Waals surface area contributed by atoms with E-state index < -0.39 is 5.60 Å². The van der Waals surface area contributed by atoms with Gasteiger partial charge in [-0.05, 0) is 26.0 Å². The second-order valence-corrected chi connectivity index (χ2v) is 6.54. The predicted octanol–water partition coefficient (Wildman–Crippen LogP) is 0.963. The maximum Gasteiger partial charge on any atom is 0.253 e. The van der Waals surface area contributed by atoms with E-state index in [0.717, 1.165) is 4.88 Å². The average molecular weight is 296 g/mol. The van der Waals surface area contributed by atoms with E-state index in [-0.39, 0.29) is 11.8 Å². The van der Waals surface area contributed by atoms with Crippen LogP contribution < -0.4 is 5.32 Å². The van der Waals surface area contributed by atoms with Gasteiger partial charge in [0.25, 0.3) is 5.91 Å². The Bertz CT molecular complexity index is 514. The summed E-state index contributed by atoms with van der Waals surface area (Å²) in [5.41, 5.74) is -0.950. The molecule has 0 bridgehead atoms. The zero-order chi connectivity index (χ0) is 14.8. The van der Waals surface area contributed by atoms with Crippen LogP contribution in [0.15, 0.2) is 12.1 Å². The fraction of sp³-hybridized carbons (Fsp3) is 0.571. The number of carbonyl (C=O) groups is 2. The van der Waals surface area contributed by atoms with Crippen molar-refractivity contribution in [2.75, 3.05) is 26.7 Å². The van der Waals surface area contributed by atoms with Gasteiger partial charge in [-0.2, -0.15) is 0 Å². The third kappa shape index (κ3) is 3.19. The Balaban J connectivity index is 2.01. The predicted molar refractivity (Wildman–Crippen MR) is 77.8 cm³/mol. The number of likely N-dealkylation sites (N-methyl/N-ethyl adjacent to an activating group) is 1. The molecule has 0 aliphatic carbocycles. The molecule has 2 rings (SSSR count). The number of ether oxygens (including phenoxy) is 1. The van der Waals surface area contributed by atoms with Crippen LogP contribution >= 0.6 is 11.3 Å². The first-order chi connectivity index (χ1) is 9.44. The van der Waals surface area contributed by atoms with Gasteiger partial charge in [-0.1, -0.05) is 0 Å². The number of aryl methyl sites for hydroxylation is 1. The summed E-state index contributed by atoms with van der Waals surface area (Å²) in [4.78, 5) is 28.1. The van der Waals surface area contributed by atoms with Crippen LogP contribution in [0.3, 0.4) is 0 Å². The summed E-state index contributed by atoms with van der Waals surface area (Å²) < 4.78 is 5.55. The van der Waals surface area contributed by atoms with Gasteiger partial charge < -0.3 is 15.0 Å². The number of thiophene rings is 1. The summed E-state index contributed by atoms with van der Waals surface area (Å²) in [5.74, 6) is -0.146. The molecule has 5 nitrogen and oxygen atoms in total. The molecule has 1 unspecified atom stereocenters. The molecule has 1 aromatic rings. The summed E-state index contributed by atoms with van der Waals surface area (Å²) in [6.45, 7) is 4.97. The minimum atomic E-state index is -0.950. The maximum atomic E-state index is 12.3. The van der Waals surface area contributed by atoms with Crippen molar-refractivity contribution >= 4 is 23.2 Å². The van der Waals surface area contributed by atoms with Crippen molar-refractivity contribution in [2.45, 2.75) is 25.9 Å². The van der Waals surface area contributed by atoms with E-state index in [1.807, 2.05) is 19.1 Å². The van der Waals surface area contributed by atoms with Crippen molar-refractivity contribution in [3.05, 3.63) is 21.9 Å². The Morgan fingerprint density at radius 1 is 1.50 bits per heavy atom. The highest BCUT2D eigenvalue weighted by Gasteiger charge is 2.40. The average Bonchev–Trinajstić information content (AvgIpc) is 2.83. The monoisotopic (exact) mass is 296 g/mol. The molecule has 1 aliphatic rings. The molecule has 110 valence electrons. The molecule has 2 heterocycles. The molecule has 1 aliphatic heterocycles. The largest absolute Gasteiger partial charge is 0.362 e. The summed E-state index contributed by atoms with van der Waals surface area (Å²) in [6.07, 6.45) is 0.391. The smallest absolute Gasteiger partial charge is 0.253 e. The van der Waals surface area contributed by atoms with Crippen LogP contribution in [-0.4, -0.2) is 49.1 Å². The quantitative estimate of drug-likeness (QED) is 0.904. The number of amides is 2. The first kappa shape index (κ1) is 15.0. The Kier molecular flexibility index (Phi) is 4.45. The van der Waals surface area contributed by atoms with Crippen LogP contribution in [-0.2, 0) is 20.7 Å². The SMILES string of the molecule is CNC(=O)C1(C)CN(C(=O)Cc2ccc(C)s2)CCO1. The lowest BCUT2D eigenvalue weighted by Crippen LogP contribution is -2.59. The number of nitrogens with one attached hydrogen (secondary N) is 1. The third-order valence-corrected chi connectivity index (χ3v) is 4.46. The summed E-state index contributed by atoms with van der Waals surface area (Å²) in [6, 6.07) is 4.00. The number of hydrogen-bond donors (Lipinski definition) is 1. The van der Waals surface area contributed by atoms with Gasteiger partial charge in [-0.15, -0.1) is 11.3 Å². The molecule has 1 saturated heterocycles. The highest BCUT2D eigenvalue weighted by atomic mass is 32.1. The van der Waals surface area contributed by atoms with Gasteiger partial charge in [0.05, 0.1) is 19.6 Å². The fourth-order valence-electron chi connectivity index (χ4n) is 2.33. The molecule has 1 N–H and O–H groups in total. The zero-order valence-electron chi connectivity index (χ0n) is 12.1. The van der Waals surface area contributed by atoms with Crippen molar-refractivity contribution in [3.63, 3.8) is 0 Å². The van der Waals surface area contributed by atoms with Crippen molar-refractivity contribution in [3.8, 4) is 0 Å². The first-order valence-electron chi connectivity index (χ1n) is 6.64. The lowest BCUT2D eigenvalue weighted by molar-refractivity contribution is -0.162. The van der Waals surface area contributed by atoms with Crippen LogP contribution in [0.1, 0.15) is 16.7 Å². The zero-order valence-corrected chi connectivity index (χ0v) is 12.9. The van der Waals surface area contributed by atoms with Crippen molar-refractivity contribution in [2.24, 2.45) is 0 Å². The van der Waals surface area contributed by atoms with Crippen molar-refractivity contribution < 1.29 is 14.3 Å². The Labute approximate surface area is 122 Å². The van der Waals surface area contributed by atoms with Crippen LogP contribution in [0, 0.1) is 6.92 Å². The molecule has 0 radical (unpaired) electrons. The molecule has 2 amide bonds. The topological polar surface area (TPSA) is 58.6 Å². The Morgan fingerprint density at radius 2 is 2.25 bits per heavy atom. The molecule has 0 spiro atoms. The first-order valence-corrected chi connectivity index (χ1v) is 7.45. The van der Waals surface area contributed by atoms with E-state index in [4.69, 9.17) is 4.74 Å². The molecule has 1 fully saturated rings. The highest BCUT2D eigenvalue weighted by molar-refractivity contribution is 7.12. The lowest BCUT2D eigenvalue weighted by Gasteiger charge is -2.39. The van der Waals surface area contributed by atoms with Gasteiger partial charge in [-0.3, -0.25) is 9.59 Å². The molecular weight excluding hydrogens is 276 g/mol. The second kappa shape index (κ2) is 5.93. The van der Waals surface area contributed by atoms with E-state index in [1.165, 1.54) is 4.88 Å². The second-order valence-electron chi connectivity index (χ2n) is 5.16.